The lowest BCUT2D eigenvalue weighted by Gasteiger charge is -2.16. The minimum atomic E-state index is -4.81. The Bertz CT molecular complexity index is 1630. The highest BCUT2D eigenvalue weighted by Gasteiger charge is 2.40. The van der Waals surface area contributed by atoms with E-state index in [-0.39, 0.29) is 40.0 Å². The monoisotopic (exact) mass is 660 g/mol. The van der Waals surface area contributed by atoms with Crippen molar-refractivity contribution in [2.45, 2.75) is 36.7 Å². The number of halogens is 4. The van der Waals surface area contributed by atoms with Crippen LogP contribution >= 0.6 is 11.3 Å². The maximum absolute atomic E-state index is 15.2. The molecule has 0 saturated heterocycles. The Labute approximate surface area is 253 Å². The van der Waals surface area contributed by atoms with E-state index >= 15 is 4.39 Å². The van der Waals surface area contributed by atoms with Gasteiger partial charge in [0, 0.05) is 30.5 Å². The Hall–Kier alpha value is -3.83. The van der Waals surface area contributed by atoms with E-state index in [2.05, 4.69) is 20.9 Å². The van der Waals surface area contributed by atoms with Crippen molar-refractivity contribution in [3.8, 4) is 11.1 Å². The lowest BCUT2D eigenvalue weighted by atomic mass is 10.0. The summed E-state index contributed by atoms with van der Waals surface area (Å²) in [6, 6.07) is 8.39. The van der Waals surface area contributed by atoms with Crippen molar-refractivity contribution in [1.29, 1.82) is 0 Å². The number of alkyl halides is 3. The fraction of sp³-hybridized carbons (Fsp3) is 0.407. The molecule has 0 aliphatic heterocycles. The molecule has 1 aliphatic rings. The highest BCUT2D eigenvalue weighted by Crippen LogP contribution is 2.36. The van der Waals surface area contributed by atoms with Crippen molar-refractivity contribution in [1.82, 2.24) is 15.6 Å². The van der Waals surface area contributed by atoms with Crippen LogP contribution in [-0.4, -0.2) is 76.1 Å². The van der Waals surface area contributed by atoms with Gasteiger partial charge in [0.2, 0.25) is 11.8 Å². The number of benzene rings is 2. The Balaban J connectivity index is 1.58. The first-order valence-corrected chi connectivity index (χ1v) is 15.8. The molecule has 2 aromatic carbocycles. The molecule has 0 bridgehead atoms. The highest BCUT2D eigenvalue weighted by molar-refractivity contribution is 7.92. The number of hydrogen-bond acceptors (Lipinski definition) is 9. The van der Waals surface area contributed by atoms with Gasteiger partial charge in [-0.25, -0.2) is 22.6 Å². The molecule has 238 valence electrons. The largest absolute Gasteiger partial charge is 0.447 e. The van der Waals surface area contributed by atoms with Crippen LogP contribution in [0.5, 0.6) is 0 Å². The molecule has 1 atom stereocenters. The predicted molar refractivity (Wildman–Crippen MR) is 153 cm³/mol. The third-order valence-electron chi connectivity index (χ3n) is 6.31. The molecule has 1 heterocycles. The van der Waals surface area contributed by atoms with Crippen LogP contribution in [0.25, 0.3) is 21.3 Å². The van der Waals surface area contributed by atoms with Crippen molar-refractivity contribution < 1.29 is 49.8 Å². The summed E-state index contributed by atoms with van der Waals surface area (Å²) in [5.74, 6) is -3.93. The Morgan fingerprint density at radius 2 is 1.82 bits per heavy atom. The fourth-order valence-electron chi connectivity index (χ4n) is 3.98. The lowest BCUT2D eigenvalue weighted by Crippen LogP contribution is -2.41. The lowest BCUT2D eigenvalue weighted by molar-refractivity contribution is -0.130. The normalized spacial score (nSPS) is 14.2. The number of carbonyl (C=O) groups excluding carboxylic acids is 3. The molecule has 1 saturated carbocycles. The zero-order valence-electron chi connectivity index (χ0n) is 23.2. The number of carbonyl (C=O) groups is 3. The fourth-order valence-corrected chi connectivity index (χ4v) is 7.05. The van der Waals surface area contributed by atoms with E-state index in [1.54, 1.807) is 0 Å². The molecule has 17 heteroatoms. The summed E-state index contributed by atoms with van der Waals surface area (Å²) in [4.78, 5) is 41.0. The summed E-state index contributed by atoms with van der Waals surface area (Å²) in [5, 5.41) is 4.76. The molecule has 1 aromatic heterocycles. The van der Waals surface area contributed by atoms with Gasteiger partial charge in [0.25, 0.3) is 0 Å². The number of fused-ring (bicyclic) bond motifs is 1. The number of nitrogens with one attached hydrogen (secondary N) is 3. The molecule has 1 aliphatic carbocycles. The Morgan fingerprint density at radius 3 is 2.45 bits per heavy atom. The molecule has 44 heavy (non-hydrogen) atoms. The van der Waals surface area contributed by atoms with Gasteiger partial charge < -0.3 is 20.1 Å². The van der Waals surface area contributed by atoms with Crippen molar-refractivity contribution in [3.05, 3.63) is 47.2 Å². The van der Waals surface area contributed by atoms with Crippen LogP contribution in [0.4, 0.5) is 28.0 Å². The minimum Gasteiger partial charge on any atom is -0.447 e. The molecule has 1 unspecified atom stereocenters. The standard InChI is InChI=1S/C27H28F4N4O7S2/c1-41-9-10-42-26(38)34-17-4-2-15(3-5-17)18-12-21-20(13-19(18)28)35-25(43-21)23(44(39,40)11-8-27(29,30)31)24(37)32-14-22(36)33-16-6-7-16/h2-5,12-13,16,23H,6-11,14H2,1H3,(H,32,37)(H,33,36)(H,34,38). The van der Waals surface area contributed by atoms with Crippen molar-refractivity contribution in [2.24, 2.45) is 0 Å². The Kier molecular flexibility index (Phi) is 10.4. The number of rotatable bonds is 13. The van der Waals surface area contributed by atoms with Gasteiger partial charge in [-0.1, -0.05) is 12.1 Å². The second-order valence-electron chi connectivity index (χ2n) is 9.85. The molecule has 3 N–H and O–H groups in total. The van der Waals surface area contributed by atoms with E-state index in [9.17, 15) is 36.0 Å². The van der Waals surface area contributed by atoms with E-state index in [1.807, 2.05) is 0 Å². The summed E-state index contributed by atoms with van der Waals surface area (Å²) < 4.78 is 89.9. The van der Waals surface area contributed by atoms with Crippen molar-refractivity contribution in [3.63, 3.8) is 0 Å². The van der Waals surface area contributed by atoms with Crippen LogP contribution in [0.2, 0.25) is 0 Å². The first-order valence-electron chi connectivity index (χ1n) is 13.2. The zero-order valence-corrected chi connectivity index (χ0v) is 24.8. The molecule has 11 nitrogen and oxygen atoms in total. The summed E-state index contributed by atoms with van der Waals surface area (Å²) in [6.45, 7) is -0.319. The molecule has 3 aromatic rings. The van der Waals surface area contributed by atoms with E-state index in [1.165, 1.54) is 37.4 Å². The summed E-state index contributed by atoms with van der Waals surface area (Å²) >= 11 is 0.704. The number of ether oxygens (including phenoxy) is 2. The van der Waals surface area contributed by atoms with Gasteiger partial charge in [0.15, 0.2) is 15.1 Å². The van der Waals surface area contributed by atoms with Gasteiger partial charge in [-0.05, 0) is 36.6 Å². The molecular weight excluding hydrogens is 632 g/mol. The van der Waals surface area contributed by atoms with E-state index in [0.29, 0.717) is 22.6 Å². The van der Waals surface area contributed by atoms with Gasteiger partial charge in [-0.3, -0.25) is 14.9 Å². The topological polar surface area (TPSA) is 153 Å². The number of thiazole rings is 1. The molecule has 1 fully saturated rings. The second kappa shape index (κ2) is 13.9. The van der Waals surface area contributed by atoms with Crippen LogP contribution in [0.3, 0.4) is 0 Å². The van der Waals surface area contributed by atoms with E-state index < -0.39 is 63.7 Å². The molecule has 3 amide bonds. The van der Waals surface area contributed by atoms with Gasteiger partial charge in [-0.2, -0.15) is 13.2 Å². The third kappa shape index (κ3) is 9.09. The number of methoxy groups -OCH3 is 1. The van der Waals surface area contributed by atoms with Crippen LogP contribution < -0.4 is 16.0 Å². The quantitative estimate of drug-likeness (QED) is 0.183. The molecule has 0 spiro atoms. The molecule has 4 rings (SSSR count). The summed E-state index contributed by atoms with van der Waals surface area (Å²) in [5.41, 5.74) is 0.811. The average Bonchev–Trinajstić information content (AvgIpc) is 3.67. The number of anilines is 1. The average molecular weight is 661 g/mol. The van der Waals surface area contributed by atoms with Crippen LogP contribution in [0.1, 0.15) is 29.5 Å². The highest BCUT2D eigenvalue weighted by atomic mass is 32.2. The molecular formula is C27H28F4N4O7S2. The summed E-state index contributed by atoms with van der Waals surface area (Å²) in [6.07, 6.45) is -5.68. The van der Waals surface area contributed by atoms with E-state index in [4.69, 9.17) is 9.47 Å². The number of hydrogen-bond donors (Lipinski definition) is 3. The van der Waals surface area contributed by atoms with Crippen molar-refractivity contribution in [2.75, 3.05) is 37.9 Å². The Morgan fingerprint density at radius 1 is 1.11 bits per heavy atom. The minimum absolute atomic E-state index is 0.0151. The van der Waals surface area contributed by atoms with Gasteiger partial charge in [0.1, 0.15) is 17.4 Å². The predicted octanol–water partition coefficient (Wildman–Crippen LogP) is 4.10. The molecule has 0 radical (unpaired) electrons. The first kappa shape index (κ1) is 33.1. The first-order chi connectivity index (χ1) is 20.8. The van der Waals surface area contributed by atoms with Crippen LogP contribution in [0.15, 0.2) is 36.4 Å². The third-order valence-corrected chi connectivity index (χ3v) is 9.47. The number of nitrogens with zero attached hydrogens (tertiary/aromatic N) is 1. The van der Waals surface area contributed by atoms with Crippen LogP contribution in [0, 0.1) is 5.82 Å². The number of sulfone groups is 1. The van der Waals surface area contributed by atoms with Gasteiger partial charge in [0.05, 0.1) is 35.5 Å². The smallest absolute Gasteiger partial charge is 0.411 e. The number of amides is 3. The van der Waals surface area contributed by atoms with E-state index in [0.717, 1.165) is 18.9 Å². The van der Waals surface area contributed by atoms with Crippen molar-refractivity contribution >= 4 is 55.0 Å². The zero-order chi connectivity index (χ0) is 32.1. The van der Waals surface area contributed by atoms with Gasteiger partial charge in [-0.15, -0.1) is 11.3 Å². The summed E-state index contributed by atoms with van der Waals surface area (Å²) in [7, 11) is -3.31. The SMILES string of the molecule is COCCOC(=O)Nc1ccc(-c2cc3sc(C(C(=O)NCC(=O)NC4CC4)S(=O)(=O)CCC(F)(F)F)nc3cc2F)cc1. The second-order valence-corrected chi connectivity index (χ2v) is 13.1. The van der Waals surface area contributed by atoms with Gasteiger partial charge >= 0.3 is 12.3 Å². The maximum Gasteiger partial charge on any atom is 0.411 e. The maximum atomic E-state index is 15.2. The van der Waals surface area contributed by atoms with Crippen LogP contribution in [-0.2, 0) is 28.9 Å². The number of aromatic nitrogens is 1.